The summed E-state index contributed by atoms with van der Waals surface area (Å²) in [5.41, 5.74) is 2.08. The Morgan fingerprint density at radius 3 is 2.62 bits per heavy atom. The highest BCUT2D eigenvalue weighted by Gasteiger charge is 2.12. The molecule has 0 unspecified atom stereocenters. The summed E-state index contributed by atoms with van der Waals surface area (Å²) < 4.78 is 10.9. The summed E-state index contributed by atoms with van der Waals surface area (Å²) in [6.45, 7) is 2.09. The summed E-state index contributed by atoms with van der Waals surface area (Å²) in [5, 5.41) is 3.30. The Balaban J connectivity index is 1.69. The van der Waals surface area contributed by atoms with Crippen LogP contribution >= 0.6 is 11.3 Å². The number of nitrogens with one attached hydrogen (secondary N) is 1. The number of rotatable bonds is 6. The molecule has 134 valence electrons. The largest absolute Gasteiger partial charge is 0.497 e. The van der Waals surface area contributed by atoms with Gasteiger partial charge in [0.25, 0.3) is 0 Å². The predicted octanol–water partition coefficient (Wildman–Crippen LogP) is 3.66. The Morgan fingerprint density at radius 1 is 1.15 bits per heavy atom. The van der Waals surface area contributed by atoms with Crippen molar-refractivity contribution in [1.29, 1.82) is 0 Å². The lowest BCUT2D eigenvalue weighted by molar-refractivity contribution is -0.115. The highest BCUT2D eigenvalue weighted by Crippen LogP contribution is 2.27. The number of hydrogen-bond acceptors (Lipinski definition) is 6. The summed E-state index contributed by atoms with van der Waals surface area (Å²) in [7, 11) is 1.60. The average molecular weight is 370 g/mol. The van der Waals surface area contributed by atoms with Crippen LogP contribution in [0.4, 0.5) is 5.13 Å². The van der Waals surface area contributed by atoms with Gasteiger partial charge in [-0.2, -0.15) is 0 Å². The van der Waals surface area contributed by atoms with Gasteiger partial charge in [-0.05, 0) is 42.8 Å². The SMILES string of the molecule is CCOC(=O)c1ccc2nc(NC(=O)Cc3ccc(OC)cc3)sc2c1. The molecule has 0 radical (unpaired) electrons. The second-order valence-corrected chi connectivity index (χ2v) is 6.53. The first kappa shape index (κ1) is 17.9. The molecule has 0 bridgehead atoms. The lowest BCUT2D eigenvalue weighted by Crippen LogP contribution is -2.14. The third-order valence-corrected chi connectivity index (χ3v) is 4.60. The fourth-order valence-electron chi connectivity index (χ4n) is 2.41. The number of amides is 1. The molecule has 0 fully saturated rings. The summed E-state index contributed by atoms with van der Waals surface area (Å²) in [6.07, 6.45) is 0.244. The number of benzene rings is 2. The summed E-state index contributed by atoms with van der Waals surface area (Å²) in [4.78, 5) is 28.4. The molecule has 2 aromatic carbocycles. The molecule has 1 N–H and O–H groups in total. The standard InChI is InChI=1S/C19H18N2O4S/c1-3-25-18(23)13-6-9-15-16(11-13)26-19(20-15)21-17(22)10-12-4-7-14(24-2)8-5-12/h4-9,11H,3,10H2,1-2H3,(H,20,21,22). The van der Waals surface area contributed by atoms with E-state index in [-0.39, 0.29) is 18.3 Å². The van der Waals surface area contributed by atoms with E-state index in [1.165, 1.54) is 11.3 Å². The van der Waals surface area contributed by atoms with Crippen LogP contribution < -0.4 is 10.1 Å². The third kappa shape index (κ3) is 4.18. The average Bonchev–Trinajstić information content (AvgIpc) is 3.03. The Hall–Kier alpha value is -2.93. The van der Waals surface area contributed by atoms with E-state index in [0.717, 1.165) is 21.5 Å². The Bertz CT molecular complexity index is 934. The molecule has 3 aromatic rings. The normalized spacial score (nSPS) is 10.5. The highest BCUT2D eigenvalue weighted by atomic mass is 32.1. The first-order valence-electron chi connectivity index (χ1n) is 8.09. The van der Waals surface area contributed by atoms with Gasteiger partial charge in [0.2, 0.25) is 5.91 Å². The van der Waals surface area contributed by atoms with E-state index in [9.17, 15) is 9.59 Å². The molecule has 26 heavy (non-hydrogen) atoms. The first-order valence-corrected chi connectivity index (χ1v) is 8.91. The van der Waals surface area contributed by atoms with Crippen molar-refractivity contribution in [2.24, 2.45) is 0 Å². The van der Waals surface area contributed by atoms with Gasteiger partial charge in [0.15, 0.2) is 5.13 Å². The number of anilines is 1. The van der Waals surface area contributed by atoms with Crippen LogP contribution in [0.2, 0.25) is 0 Å². The maximum absolute atomic E-state index is 12.2. The molecule has 1 amide bonds. The van der Waals surface area contributed by atoms with E-state index < -0.39 is 0 Å². The third-order valence-electron chi connectivity index (χ3n) is 3.67. The van der Waals surface area contributed by atoms with Gasteiger partial charge in [-0.25, -0.2) is 9.78 Å². The second-order valence-electron chi connectivity index (χ2n) is 5.50. The van der Waals surface area contributed by atoms with Gasteiger partial charge in [0.05, 0.1) is 35.9 Å². The summed E-state index contributed by atoms with van der Waals surface area (Å²) in [5.74, 6) is 0.227. The molecular formula is C19H18N2O4S. The van der Waals surface area contributed by atoms with Crippen LogP contribution in [0.15, 0.2) is 42.5 Å². The molecule has 0 aliphatic rings. The molecule has 0 spiro atoms. The number of nitrogens with zero attached hydrogens (tertiary/aromatic N) is 1. The van der Waals surface area contributed by atoms with Crippen molar-refractivity contribution in [3.8, 4) is 5.75 Å². The van der Waals surface area contributed by atoms with Crippen molar-refractivity contribution >= 4 is 38.6 Å². The van der Waals surface area contributed by atoms with Gasteiger partial charge < -0.3 is 14.8 Å². The molecular weight excluding hydrogens is 352 g/mol. The van der Waals surface area contributed by atoms with Crippen molar-refractivity contribution in [3.05, 3.63) is 53.6 Å². The predicted molar refractivity (Wildman–Crippen MR) is 101 cm³/mol. The van der Waals surface area contributed by atoms with E-state index >= 15 is 0 Å². The van der Waals surface area contributed by atoms with E-state index in [1.807, 2.05) is 24.3 Å². The number of carbonyl (C=O) groups excluding carboxylic acids is 2. The number of aromatic nitrogens is 1. The van der Waals surface area contributed by atoms with Crippen LogP contribution in [0.5, 0.6) is 5.75 Å². The van der Waals surface area contributed by atoms with Crippen molar-refractivity contribution in [3.63, 3.8) is 0 Å². The lowest BCUT2D eigenvalue weighted by atomic mass is 10.1. The number of carbonyl (C=O) groups is 2. The fourth-order valence-corrected chi connectivity index (χ4v) is 3.33. The number of esters is 1. The number of fused-ring (bicyclic) bond motifs is 1. The quantitative estimate of drug-likeness (QED) is 0.670. The maximum atomic E-state index is 12.2. The number of methoxy groups -OCH3 is 1. The van der Waals surface area contributed by atoms with Gasteiger partial charge >= 0.3 is 5.97 Å². The second kappa shape index (κ2) is 7.97. The van der Waals surface area contributed by atoms with Crippen molar-refractivity contribution in [2.45, 2.75) is 13.3 Å². The van der Waals surface area contributed by atoms with Gasteiger partial charge in [0.1, 0.15) is 5.75 Å². The minimum Gasteiger partial charge on any atom is -0.497 e. The van der Waals surface area contributed by atoms with Gasteiger partial charge in [-0.1, -0.05) is 23.5 Å². The van der Waals surface area contributed by atoms with Crippen LogP contribution in [-0.2, 0) is 16.0 Å². The van der Waals surface area contributed by atoms with Crippen LogP contribution in [0.1, 0.15) is 22.8 Å². The smallest absolute Gasteiger partial charge is 0.338 e. The van der Waals surface area contributed by atoms with Gasteiger partial charge in [-0.3, -0.25) is 4.79 Å². The minimum atomic E-state index is -0.368. The van der Waals surface area contributed by atoms with Crippen LogP contribution in [0.25, 0.3) is 10.2 Å². The molecule has 0 saturated carbocycles. The Kier molecular flexibility index (Phi) is 5.48. The van der Waals surface area contributed by atoms with E-state index in [0.29, 0.717) is 17.3 Å². The molecule has 0 atom stereocenters. The van der Waals surface area contributed by atoms with Crippen molar-refractivity contribution in [1.82, 2.24) is 4.98 Å². The summed E-state index contributed by atoms with van der Waals surface area (Å²) >= 11 is 1.32. The van der Waals surface area contributed by atoms with Crippen LogP contribution in [0, 0.1) is 0 Å². The number of ether oxygens (including phenoxy) is 2. The Morgan fingerprint density at radius 2 is 1.92 bits per heavy atom. The molecule has 7 heteroatoms. The zero-order valence-electron chi connectivity index (χ0n) is 14.4. The molecule has 0 aliphatic carbocycles. The first-order chi connectivity index (χ1) is 12.6. The zero-order chi connectivity index (χ0) is 18.5. The highest BCUT2D eigenvalue weighted by molar-refractivity contribution is 7.22. The van der Waals surface area contributed by atoms with E-state index in [4.69, 9.17) is 9.47 Å². The van der Waals surface area contributed by atoms with Crippen molar-refractivity contribution in [2.75, 3.05) is 19.0 Å². The van der Waals surface area contributed by atoms with Crippen LogP contribution in [-0.4, -0.2) is 30.6 Å². The van der Waals surface area contributed by atoms with Crippen LogP contribution in [0.3, 0.4) is 0 Å². The van der Waals surface area contributed by atoms with E-state index in [1.54, 1.807) is 32.2 Å². The summed E-state index contributed by atoms with van der Waals surface area (Å²) in [6, 6.07) is 12.5. The number of thiazole rings is 1. The molecule has 0 aliphatic heterocycles. The van der Waals surface area contributed by atoms with Gasteiger partial charge in [-0.15, -0.1) is 0 Å². The molecule has 3 rings (SSSR count). The monoisotopic (exact) mass is 370 g/mol. The molecule has 6 nitrogen and oxygen atoms in total. The molecule has 0 saturated heterocycles. The molecule has 1 heterocycles. The topological polar surface area (TPSA) is 77.5 Å². The lowest BCUT2D eigenvalue weighted by Gasteiger charge is -2.03. The van der Waals surface area contributed by atoms with Crippen molar-refractivity contribution < 1.29 is 19.1 Å². The minimum absolute atomic E-state index is 0.153. The van der Waals surface area contributed by atoms with Gasteiger partial charge in [0, 0.05) is 0 Å². The maximum Gasteiger partial charge on any atom is 0.338 e. The number of hydrogen-bond donors (Lipinski definition) is 1. The fraction of sp³-hybridized carbons (Fsp3) is 0.211. The van der Waals surface area contributed by atoms with E-state index in [2.05, 4.69) is 10.3 Å². The Labute approximate surface area is 154 Å². The molecule has 1 aromatic heterocycles. The zero-order valence-corrected chi connectivity index (χ0v) is 15.3.